The number of hydrogen-bond acceptors (Lipinski definition) is 2. The first-order chi connectivity index (χ1) is 8.58. The number of carbonyl (C=O) groups excluding carboxylic acids is 1. The lowest BCUT2D eigenvalue weighted by Crippen LogP contribution is -2.51. The molecule has 2 rings (SSSR count). The number of nitrogens with one attached hydrogen (secondary N) is 1. The van der Waals surface area contributed by atoms with Crippen LogP contribution < -0.4 is 5.32 Å². The number of hydrogen-bond donors (Lipinski definition) is 1. The van der Waals surface area contributed by atoms with Crippen LogP contribution in [0.4, 0.5) is 0 Å². The van der Waals surface area contributed by atoms with Gasteiger partial charge in [0.25, 0.3) is 5.91 Å². The summed E-state index contributed by atoms with van der Waals surface area (Å²) in [7, 11) is 0. The summed E-state index contributed by atoms with van der Waals surface area (Å²) in [6.07, 6.45) is 0. The van der Waals surface area contributed by atoms with E-state index in [-0.39, 0.29) is 18.3 Å². The molecule has 1 fully saturated rings. The molecule has 1 saturated heterocycles. The molecule has 4 heteroatoms. The molecule has 0 spiro atoms. The Morgan fingerprint density at radius 1 is 1.32 bits per heavy atom. The van der Waals surface area contributed by atoms with Crippen LogP contribution in [0.1, 0.15) is 42.6 Å². The summed E-state index contributed by atoms with van der Waals surface area (Å²) in [5.41, 5.74) is 2.08. The van der Waals surface area contributed by atoms with Gasteiger partial charge < -0.3 is 10.2 Å². The minimum absolute atomic E-state index is 0. The second-order valence-electron chi connectivity index (χ2n) is 5.38. The van der Waals surface area contributed by atoms with Gasteiger partial charge in [0, 0.05) is 31.2 Å². The Bertz CT molecular complexity index is 417. The molecule has 1 amide bonds. The summed E-state index contributed by atoms with van der Waals surface area (Å²) in [5.74, 6) is 0.659. The van der Waals surface area contributed by atoms with Crippen LogP contribution in [0.15, 0.2) is 24.3 Å². The van der Waals surface area contributed by atoms with Gasteiger partial charge in [-0.05, 0) is 30.5 Å². The fourth-order valence-electron chi connectivity index (χ4n) is 2.31. The zero-order valence-electron chi connectivity index (χ0n) is 11.8. The number of piperazine rings is 1. The number of carbonyl (C=O) groups is 1. The zero-order chi connectivity index (χ0) is 13.1. The number of amides is 1. The molecule has 0 saturated carbocycles. The van der Waals surface area contributed by atoms with Crippen LogP contribution >= 0.6 is 12.4 Å². The second-order valence-corrected chi connectivity index (χ2v) is 5.38. The number of rotatable bonds is 2. The molecule has 19 heavy (non-hydrogen) atoms. The fourth-order valence-corrected chi connectivity index (χ4v) is 2.31. The van der Waals surface area contributed by atoms with Gasteiger partial charge in [0.1, 0.15) is 0 Å². The third-order valence-corrected chi connectivity index (χ3v) is 3.48. The first-order valence-corrected chi connectivity index (χ1v) is 6.70. The van der Waals surface area contributed by atoms with E-state index in [0.29, 0.717) is 12.0 Å². The van der Waals surface area contributed by atoms with E-state index in [9.17, 15) is 4.79 Å². The van der Waals surface area contributed by atoms with Crippen molar-refractivity contribution >= 4 is 18.3 Å². The van der Waals surface area contributed by atoms with Crippen molar-refractivity contribution in [1.29, 1.82) is 0 Å². The lowest BCUT2D eigenvalue weighted by atomic mass is 10.0. The van der Waals surface area contributed by atoms with Crippen LogP contribution in [0.25, 0.3) is 0 Å². The van der Waals surface area contributed by atoms with Crippen molar-refractivity contribution in [2.24, 2.45) is 0 Å². The molecular formula is C15H23ClN2O. The minimum Gasteiger partial charge on any atom is -0.336 e. The predicted octanol–water partition coefficient (Wildman–Crippen LogP) is 2.67. The van der Waals surface area contributed by atoms with Gasteiger partial charge in [-0.15, -0.1) is 12.4 Å². The average molecular weight is 283 g/mol. The van der Waals surface area contributed by atoms with E-state index in [1.54, 1.807) is 0 Å². The van der Waals surface area contributed by atoms with Gasteiger partial charge in [0.05, 0.1) is 0 Å². The van der Waals surface area contributed by atoms with Gasteiger partial charge in [-0.25, -0.2) is 0 Å². The lowest BCUT2D eigenvalue weighted by Gasteiger charge is -2.32. The third kappa shape index (κ3) is 3.95. The molecule has 1 aromatic rings. The van der Waals surface area contributed by atoms with Crippen LogP contribution in [-0.2, 0) is 0 Å². The molecule has 1 atom stereocenters. The van der Waals surface area contributed by atoms with E-state index >= 15 is 0 Å². The van der Waals surface area contributed by atoms with Crippen molar-refractivity contribution in [2.45, 2.75) is 32.7 Å². The average Bonchev–Trinajstić information content (AvgIpc) is 2.38. The van der Waals surface area contributed by atoms with Crippen LogP contribution in [0.3, 0.4) is 0 Å². The minimum atomic E-state index is 0. The first kappa shape index (κ1) is 16.0. The maximum absolute atomic E-state index is 12.3. The van der Waals surface area contributed by atoms with Gasteiger partial charge in [0.15, 0.2) is 0 Å². The first-order valence-electron chi connectivity index (χ1n) is 6.70. The van der Waals surface area contributed by atoms with Crippen molar-refractivity contribution in [3.63, 3.8) is 0 Å². The molecule has 1 aliphatic rings. The number of benzene rings is 1. The smallest absolute Gasteiger partial charge is 0.253 e. The van der Waals surface area contributed by atoms with Crippen LogP contribution in [0.2, 0.25) is 0 Å². The molecule has 1 N–H and O–H groups in total. The highest BCUT2D eigenvalue weighted by Gasteiger charge is 2.21. The molecule has 3 nitrogen and oxygen atoms in total. The molecular weight excluding hydrogens is 260 g/mol. The molecule has 0 aliphatic carbocycles. The third-order valence-electron chi connectivity index (χ3n) is 3.48. The van der Waals surface area contributed by atoms with Crippen molar-refractivity contribution in [1.82, 2.24) is 10.2 Å². The summed E-state index contributed by atoms with van der Waals surface area (Å²) in [5, 5.41) is 3.35. The predicted molar refractivity (Wildman–Crippen MR) is 81.1 cm³/mol. The molecule has 0 aromatic heterocycles. The van der Waals surface area contributed by atoms with Crippen LogP contribution in [0.5, 0.6) is 0 Å². The Kier molecular flexibility index (Phi) is 5.83. The highest BCUT2D eigenvalue weighted by atomic mass is 35.5. The lowest BCUT2D eigenvalue weighted by molar-refractivity contribution is 0.0709. The van der Waals surface area contributed by atoms with Crippen molar-refractivity contribution in [2.75, 3.05) is 19.6 Å². The second kappa shape index (κ2) is 6.92. The Morgan fingerprint density at radius 3 is 2.47 bits per heavy atom. The Morgan fingerprint density at radius 2 is 1.95 bits per heavy atom. The van der Waals surface area contributed by atoms with Crippen molar-refractivity contribution in [3.05, 3.63) is 35.4 Å². The SMILES string of the molecule is CC(C)c1ccc(C(=O)N2CCN[C@H](C)C2)cc1.Cl. The van der Waals surface area contributed by atoms with E-state index in [2.05, 4.69) is 38.2 Å². The maximum atomic E-state index is 12.3. The highest BCUT2D eigenvalue weighted by molar-refractivity contribution is 5.94. The largest absolute Gasteiger partial charge is 0.336 e. The molecule has 0 unspecified atom stereocenters. The molecule has 1 heterocycles. The summed E-state index contributed by atoms with van der Waals surface area (Å²) in [4.78, 5) is 14.3. The van der Waals surface area contributed by atoms with E-state index in [1.165, 1.54) is 5.56 Å². The quantitative estimate of drug-likeness (QED) is 0.904. The molecule has 0 bridgehead atoms. The highest BCUT2D eigenvalue weighted by Crippen LogP contribution is 2.16. The van der Waals surface area contributed by atoms with Crippen molar-refractivity contribution < 1.29 is 4.79 Å². The molecule has 0 radical (unpaired) electrons. The topological polar surface area (TPSA) is 32.3 Å². The summed E-state index contributed by atoms with van der Waals surface area (Å²) in [6, 6.07) is 8.40. The molecule has 1 aromatic carbocycles. The standard InChI is InChI=1S/C15H22N2O.ClH/c1-11(2)13-4-6-14(7-5-13)15(18)17-9-8-16-12(3)10-17;/h4-7,11-12,16H,8-10H2,1-3H3;1H/t12-;/m1./s1. The van der Waals surface area contributed by atoms with E-state index < -0.39 is 0 Å². The van der Waals surface area contributed by atoms with Crippen LogP contribution in [-0.4, -0.2) is 36.5 Å². The zero-order valence-corrected chi connectivity index (χ0v) is 12.7. The normalized spacial score (nSPS) is 19.2. The van der Waals surface area contributed by atoms with E-state index in [0.717, 1.165) is 25.2 Å². The molecule has 106 valence electrons. The van der Waals surface area contributed by atoms with Gasteiger partial charge >= 0.3 is 0 Å². The van der Waals surface area contributed by atoms with Gasteiger partial charge in [0.2, 0.25) is 0 Å². The Labute approximate surface area is 121 Å². The number of halogens is 1. The van der Waals surface area contributed by atoms with Gasteiger partial charge in [-0.2, -0.15) is 0 Å². The van der Waals surface area contributed by atoms with E-state index in [1.807, 2.05) is 17.0 Å². The molecule has 1 aliphatic heterocycles. The summed E-state index contributed by atoms with van der Waals surface area (Å²) < 4.78 is 0. The van der Waals surface area contributed by atoms with Crippen molar-refractivity contribution in [3.8, 4) is 0 Å². The fraction of sp³-hybridized carbons (Fsp3) is 0.533. The number of nitrogens with zero attached hydrogens (tertiary/aromatic N) is 1. The monoisotopic (exact) mass is 282 g/mol. The van der Waals surface area contributed by atoms with Crippen LogP contribution in [0, 0.1) is 0 Å². The summed E-state index contributed by atoms with van der Waals surface area (Å²) in [6.45, 7) is 8.92. The summed E-state index contributed by atoms with van der Waals surface area (Å²) >= 11 is 0. The maximum Gasteiger partial charge on any atom is 0.253 e. The van der Waals surface area contributed by atoms with Gasteiger partial charge in [-0.1, -0.05) is 26.0 Å². The Hall–Kier alpha value is -1.06. The van der Waals surface area contributed by atoms with Gasteiger partial charge in [-0.3, -0.25) is 4.79 Å². The Balaban J connectivity index is 0.00000180. The van der Waals surface area contributed by atoms with E-state index in [4.69, 9.17) is 0 Å².